The molecule has 2 aliphatic rings. The lowest BCUT2D eigenvalue weighted by Gasteiger charge is -2.43. The number of anilines is 2. The third-order valence-corrected chi connectivity index (χ3v) is 7.04. The number of rotatable bonds is 5. The zero-order chi connectivity index (χ0) is 25.3. The fourth-order valence-electron chi connectivity index (χ4n) is 4.06. The second-order valence-electron chi connectivity index (χ2n) is 7.88. The van der Waals surface area contributed by atoms with Gasteiger partial charge in [0, 0.05) is 23.2 Å². The highest BCUT2D eigenvalue weighted by Crippen LogP contribution is 2.51. The quantitative estimate of drug-likeness (QED) is 0.436. The summed E-state index contributed by atoms with van der Waals surface area (Å²) in [6.45, 7) is 3.36. The summed E-state index contributed by atoms with van der Waals surface area (Å²) in [5, 5.41) is 11.7. The number of esters is 1. The van der Waals surface area contributed by atoms with Gasteiger partial charge < -0.3 is 4.74 Å². The van der Waals surface area contributed by atoms with Crippen molar-refractivity contribution in [3.05, 3.63) is 95.5 Å². The number of ether oxygens (including phenoxy) is 1. The molecular weight excluding hydrogens is 498 g/mol. The van der Waals surface area contributed by atoms with Gasteiger partial charge in [-0.25, -0.2) is 9.80 Å². The molecule has 1 unspecified atom stereocenters. The molecule has 0 bridgehead atoms. The standard InChI is InChI=1S/C26H22ClN5O3S/c1-3-35-25(34)24-29-32(22-16-14-20(27)15-17-22)26(36-24)30(21-12-8-5-9-13-21)23(28-31(26)18(2)33)19-10-6-4-7-11-19/h4-17H,3H2,1-2H3. The summed E-state index contributed by atoms with van der Waals surface area (Å²) in [6.07, 6.45) is 0. The Kier molecular flexibility index (Phi) is 6.42. The van der Waals surface area contributed by atoms with Crippen LogP contribution < -0.4 is 9.91 Å². The van der Waals surface area contributed by atoms with Crippen LogP contribution in [0.2, 0.25) is 5.02 Å². The number of thioether (sulfide) groups is 1. The highest BCUT2D eigenvalue weighted by Gasteiger charge is 2.62. The topological polar surface area (TPSA) is 77.8 Å². The van der Waals surface area contributed by atoms with Crippen LogP contribution in [0.5, 0.6) is 0 Å². The first-order chi connectivity index (χ1) is 17.5. The number of hydrogen-bond acceptors (Lipinski definition) is 8. The van der Waals surface area contributed by atoms with Gasteiger partial charge in [-0.15, -0.1) is 5.10 Å². The maximum Gasteiger partial charge on any atom is 0.365 e. The van der Waals surface area contributed by atoms with Crippen molar-refractivity contribution >= 4 is 57.5 Å². The van der Waals surface area contributed by atoms with Gasteiger partial charge >= 0.3 is 5.97 Å². The molecule has 2 aliphatic heterocycles. The monoisotopic (exact) mass is 519 g/mol. The number of nitrogens with zero attached hydrogens (tertiary/aromatic N) is 5. The molecule has 10 heteroatoms. The van der Waals surface area contributed by atoms with Crippen molar-refractivity contribution in [3.8, 4) is 0 Å². The van der Waals surface area contributed by atoms with E-state index in [0.29, 0.717) is 16.5 Å². The zero-order valence-electron chi connectivity index (χ0n) is 19.5. The minimum atomic E-state index is -1.39. The van der Waals surface area contributed by atoms with E-state index in [-0.39, 0.29) is 17.6 Å². The van der Waals surface area contributed by atoms with Crippen molar-refractivity contribution < 1.29 is 14.3 Å². The Morgan fingerprint density at radius 1 is 0.917 bits per heavy atom. The van der Waals surface area contributed by atoms with Gasteiger partial charge in [-0.1, -0.05) is 60.1 Å². The van der Waals surface area contributed by atoms with E-state index in [0.717, 1.165) is 23.0 Å². The van der Waals surface area contributed by atoms with E-state index >= 15 is 0 Å². The van der Waals surface area contributed by atoms with Crippen molar-refractivity contribution in [1.29, 1.82) is 0 Å². The first-order valence-corrected chi connectivity index (χ1v) is 12.5. The van der Waals surface area contributed by atoms with E-state index < -0.39 is 11.1 Å². The van der Waals surface area contributed by atoms with Crippen LogP contribution in [0.1, 0.15) is 19.4 Å². The average Bonchev–Trinajstić information content (AvgIpc) is 3.45. The largest absolute Gasteiger partial charge is 0.461 e. The lowest BCUT2D eigenvalue weighted by Crippen LogP contribution is -2.63. The molecule has 3 aromatic carbocycles. The number of benzene rings is 3. The van der Waals surface area contributed by atoms with E-state index in [9.17, 15) is 9.59 Å². The second kappa shape index (κ2) is 9.67. The number of amidine groups is 1. The van der Waals surface area contributed by atoms with Gasteiger partial charge in [0.25, 0.3) is 5.12 Å². The van der Waals surface area contributed by atoms with Gasteiger partial charge in [0.2, 0.25) is 11.0 Å². The Hall–Kier alpha value is -3.82. The van der Waals surface area contributed by atoms with Gasteiger partial charge in [-0.2, -0.15) is 10.1 Å². The molecular formula is C26H22ClN5O3S. The number of carbonyl (C=O) groups is 2. The van der Waals surface area contributed by atoms with Gasteiger partial charge in [0.15, 0.2) is 5.84 Å². The summed E-state index contributed by atoms with van der Waals surface area (Å²) in [5.41, 5.74) is 2.17. The van der Waals surface area contributed by atoms with Gasteiger partial charge in [-0.3, -0.25) is 9.69 Å². The first-order valence-electron chi connectivity index (χ1n) is 11.3. The van der Waals surface area contributed by atoms with Gasteiger partial charge in [-0.05, 0) is 55.1 Å². The van der Waals surface area contributed by atoms with E-state index in [1.807, 2.05) is 65.6 Å². The molecule has 36 heavy (non-hydrogen) atoms. The third kappa shape index (κ3) is 4.00. The van der Waals surface area contributed by atoms with Crippen LogP contribution in [0, 0.1) is 0 Å². The molecule has 0 saturated carbocycles. The van der Waals surface area contributed by atoms with Crippen molar-refractivity contribution in [2.75, 3.05) is 16.5 Å². The van der Waals surface area contributed by atoms with Crippen molar-refractivity contribution in [2.45, 2.75) is 19.0 Å². The molecule has 1 amide bonds. The Balaban J connectivity index is 1.76. The Bertz CT molecular complexity index is 1350. The molecule has 1 spiro atoms. The molecule has 182 valence electrons. The van der Waals surface area contributed by atoms with E-state index in [1.54, 1.807) is 36.2 Å². The van der Waals surface area contributed by atoms with Gasteiger partial charge in [0.05, 0.1) is 12.3 Å². The Labute approximate surface area is 217 Å². The number of amides is 1. The second-order valence-corrected chi connectivity index (χ2v) is 9.46. The number of hydrazone groups is 2. The van der Waals surface area contributed by atoms with Crippen molar-refractivity contribution in [2.24, 2.45) is 10.2 Å². The Morgan fingerprint density at radius 2 is 1.56 bits per heavy atom. The summed E-state index contributed by atoms with van der Waals surface area (Å²) < 4.78 is 5.28. The van der Waals surface area contributed by atoms with Crippen molar-refractivity contribution in [1.82, 2.24) is 5.01 Å². The number of carbonyl (C=O) groups excluding carboxylic acids is 2. The minimum absolute atomic E-state index is 0.100. The smallest absolute Gasteiger partial charge is 0.365 e. The normalized spacial score (nSPS) is 18.9. The molecule has 5 rings (SSSR count). The fraction of sp³-hybridized carbons (Fsp3) is 0.154. The van der Waals surface area contributed by atoms with Crippen LogP contribution in [-0.2, 0) is 14.3 Å². The lowest BCUT2D eigenvalue weighted by atomic mass is 10.1. The summed E-state index contributed by atoms with van der Waals surface area (Å²) in [5.74, 6) is -0.375. The number of hydrogen-bond donors (Lipinski definition) is 0. The molecule has 3 aromatic rings. The number of para-hydroxylation sites is 1. The van der Waals surface area contributed by atoms with Crippen LogP contribution in [0.4, 0.5) is 11.4 Å². The SMILES string of the molecule is CCOC(=O)C1=NN(c2ccc(Cl)cc2)C2(S1)N(C(C)=O)N=C(c1ccccc1)N2c1ccccc1. The molecule has 1 atom stereocenters. The summed E-state index contributed by atoms with van der Waals surface area (Å²) in [4.78, 5) is 28.0. The third-order valence-electron chi connectivity index (χ3n) is 5.54. The summed E-state index contributed by atoms with van der Waals surface area (Å²) >= 11 is 7.26. The molecule has 8 nitrogen and oxygen atoms in total. The molecule has 2 heterocycles. The summed E-state index contributed by atoms with van der Waals surface area (Å²) in [6, 6.07) is 26.2. The summed E-state index contributed by atoms with van der Waals surface area (Å²) in [7, 11) is 0. The first kappa shape index (κ1) is 23.9. The molecule has 0 N–H and O–H groups in total. The predicted molar refractivity (Wildman–Crippen MR) is 143 cm³/mol. The van der Waals surface area contributed by atoms with Gasteiger partial charge in [0.1, 0.15) is 0 Å². The number of halogens is 1. The maximum atomic E-state index is 13.2. The highest BCUT2D eigenvalue weighted by atomic mass is 35.5. The van der Waals surface area contributed by atoms with Crippen LogP contribution in [0.15, 0.2) is 95.1 Å². The highest BCUT2D eigenvalue weighted by molar-refractivity contribution is 8.17. The average molecular weight is 520 g/mol. The lowest BCUT2D eigenvalue weighted by molar-refractivity contribution is -0.134. The maximum absolute atomic E-state index is 13.2. The molecule has 0 aromatic heterocycles. The molecule has 0 radical (unpaired) electrons. The Morgan fingerprint density at radius 3 is 2.17 bits per heavy atom. The van der Waals surface area contributed by atoms with Crippen LogP contribution >= 0.6 is 23.4 Å². The molecule has 0 aliphatic carbocycles. The van der Waals surface area contributed by atoms with E-state index in [1.165, 1.54) is 11.9 Å². The zero-order valence-corrected chi connectivity index (χ0v) is 21.1. The molecule has 0 saturated heterocycles. The van der Waals surface area contributed by atoms with Crippen LogP contribution in [0.3, 0.4) is 0 Å². The fourth-order valence-corrected chi connectivity index (χ4v) is 5.48. The van der Waals surface area contributed by atoms with E-state index in [2.05, 4.69) is 5.10 Å². The predicted octanol–water partition coefficient (Wildman–Crippen LogP) is 5.11. The van der Waals surface area contributed by atoms with Crippen LogP contribution in [0.25, 0.3) is 0 Å². The van der Waals surface area contributed by atoms with Crippen LogP contribution in [-0.4, -0.2) is 39.5 Å². The van der Waals surface area contributed by atoms with Crippen molar-refractivity contribution in [3.63, 3.8) is 0 Å². The molecule has 0 fully saturated rings. The van der Waals surface area contributed by atoms with E-state index in [4.69, 9.17) is 21.4 Å². The minimum Gasteiger partial charge on any atom is -0.461 e.